The monoisotopic (exact) mass is 891 g/mol. The van der Waals surface area contributed by atoms with Crippen molar-refractivity contribution in [3.8, 4) is 27.9 Å². The summed E-state index contributed by atoms with van der Waals surface area (Å²) in [6, 6.07) is 61.9. The third-order valence-electron chi connectivity index (χ3n) is 16.0. The van der Waals surface area contributed by atoms with Crippen LogP contribution in [0.2, 0.25) is 0 Å². The molecule has 1 heterocycles. The zero-order chi connectivity index (χ0) is 46.4. The summed E-state index contributed by atoms with van der Waals surface area (Å²) in [5.41, 5.74) is 27.2. The van der Waals surface area contributed by atoms with Crippen LogP contribution in [0.1, 0.15) is 104 Å². The van der Waals surface area contributed by atoms with Crippen LogP contribution in [-0.4, -0.2) is 4.57 Å². The van der Waals surface area contributed by atoms with Crippen LogP contribution in [0.25, 0.3) is 45.7 Å². The summed E-state index contributed by atoms with van der Waals surface area (Å²) in [6.45, 7) is 9.56. The molecule has 0 N–H and O–H groups in total. The number of aromatic nitrogens is 1. The van der Waals surface area contributed by atoms with Gasteiger partial charge in [-0.1, -0.05) is 149 Å². The first kappa shape index (κ1) is 41.6. The van der Waals surface area contributed by atoms with Gasteiger partial charge in [0.2, 0.25) is 0 Å². The van der Waals surface area contributed by atoms with Gasteiger partial charge in [0, 0.05) is 73.2 Å². The number of anilines is 5. The molecule has 8 aromatic rings. The zero-order valence-electron chi connectivity index (χ0n) is 40.1. The van der Waals surface area contributed by atoms with Gasteiger partial charge in [0.25, 0.3) is 0 Å². The second-order valence-corrected chi connectivity index (χ2v) is 20.7. The van der Waals surface area contributed by atoms with E-state index in [0.717, 1.165) is 55.6 Å². The number of benzene rings is 7. The molecule has 13 rings (SSSR count). The molecule has 5 aliphatic carbocycles. The average molecular weight is 892 g/mol. The molecular weight excluding hydrogens is 835 g/mol. The van der Waals surface area contributed by atoms with Gasteiger partial charge in [0.05, 0.1) is 0 Å². The molecule has 0 unspecified atom stereocenters. The van der Waals surface area contributed by atoms with Crippen molar-refractivity contribution in [2.45, 2.75) is 77.0 Å². The normalized spacial score (nSPS) is 16.3. The Kier molecular flexibility index (Phi) is 9.63. The fourth-order valence-electron chi connectivity index (χ4n) is 12.6. The van der Waals surface area contributed by atoms with Crippen LogP contribution in [0.15, 0.2) is 194 Å². The van der Waals surface area contributed by atoms with E-state index in [4.69, 9.17) is 0 Å². The number of allylic oxidation sites excluding steroid dienone is 6. The Hall–Kier alpha value is -7.62. The minimum absolute atomic E-state index is 0.124. The molecule has 5 aliphatic rings. The van der Waals surface area contributed by atoms with Gasteiger partial charge in [0.15, 0.2) is 0 Å². The van der Waals surface area contributed by atoms with E-state index < -0.39 is 0 Å². The van der Waals surface area contributed by atoms with Crippen molar-refractivity contribution in [3.63, 3.8) is 0 Å². The highest BCUT2D eigenvalue weighted by molar-refractivity contribution is 5.94. The number of nitrogens with zero attached hydrogens (tertiary/aromatic N) is 3. The van der Waals surface area contributed by atoms with Crippen molar-refractivity contribution in [1.29, 1.82) is 0 Å². The lowest BCUT2D eigenvalue weighted by atomic mass is 9.82. The van der Waals surface area contributed by atoms with Crippen LogP contribution in [0.3, 0.4) is 0 Å². The standard InChI is InChI=1S/C66H57N3/c1-65(2)59-29-17-14-26-53(59)55-35-33-49(42-61(55)65)67(46-20-8-5-9-21-46)51-38-45(44-32-37-64-58(40-44)57-28-16-19-31-63(57)69(64)48-24-12-7-13-25-48)39-52(41-51)68(47-22-10-6-11-23-47)50-34-36-56-54-27-15-18-30-60(54)66(3,4)62(56)43-50/h5-10,12-18,20-22,24-30,33-36,38-43H,11,19,23,31-32,37H2,1-4H3. The molecule has 1 aromatic heterocycles. The van der Waals surface area contributed by atoms with Gasteiger partial charge < -0.3 is 14.4 Å². The third-order valence-corrected chi connectivity index (χ3v) is 16.0. The first-order chi connectivity index (χ1) is 33.7. The van der Waals surface area contributed by atoms with Gasteiger partial charge in [-0.3, -0.25) is 0 Å². The number of fused-ring (bicyclic) bond motifs is 9. The minimum Gasteiger partial charge on any atom is -0.317 e. The molecule has 0 radical (unpaired) electrons. The maximum atomic E-state index is 2.58. The lowest BCUT2D eigenvalue weighted by Gasteiger charge is -2.33. The Morgan fingerprint density at radius 2 is 1.00 bits per heavy atom. The molecule has 0 amide bonds. The molecule has 0 saturated heterocycles. The van der Waals surface area contributed by atoms with Gasteiger partial charge >= 0.3 is 0 Å². The Morgan fingerprint density at radius 3 is 1.65 bits per heavy atom. The molecule has 3 nitrogen and oxygen atoms in total. The fourth-order valence-corrected chi connectivity index (χ4v) is 12.6. The Balaban J connectivity index is 1.04. The van der Waals surface area contributed by atoms with E-state index in [2.05, 4.69) is 242 Å². The predicted molar refractivity (Wildman–Crippen MR) is 291 cm³/mol. The van der Waals surface area contributed by atoms with Gasteiger partial charge in [0.1, 0.15) is 0 Å². The maximum Gasteiger partial charge on any atom is 0.0488 e. The SMILES string of the molecule is CC1(C)c2ccccc2-c2ccc(N(C3=CC=CCC3)c3cc(C4=Cc5c6c(n(-c7ccccc7)c5CC4)CCC=C6)cc(N(c4ccccc4)c4ccc5c(c4)C(C)(C)c4ccccc4-5)c3)cc21. The van der Waals surface area contributed by atoms with E-state index in [1.54, 1.807) is 0 Å². The molecule has 336 valence electrons. The number of rotatable bonds is 8. The lowest BCUT2D eigenvalue weighted by molar-refractivity contribution is 0.660. The number of hydrogen-bond donors (Lipinski definition) is 0. The quantitative estimate of drug-likeness (QED) is 0.151. The van der Waals surface area contributed by atoms with Crippen LogP contribution < -0.4 is 9.80 Å². The van der Waals surface area contributed by atoms with E-state index in [0.29, 0.717) is 0 Å². The summed E-state index contributed by atoms with van der Waals surface area (Å²) < 4.78 is 2.58. The summed E-state index contributed by atoms with van der Waals surface area (Å²) in [7, 11) is 0. The summed E-state index contributed by atoms with van der Waals surface area (Å²) in [5.74, 6) is 0. The Morgan fingerprint density at radius 1 is 0.435 bits per heavy atom. The third kappa shape index (κ3) is 6.61. The van der Waals surface area contributed by atoms with Crippen LogP contribution in [0.5, 0.6) is 0 Å². The van der Waals surface area contributed by atoms with Crippen LogP contribution in [0.4, 0.5) is 28.4 Å². The topological polar surface area (TPSA) is 11.4 Å². The molecule has 0 aliphatic heterocycles. The average Bonchev–Trinajstić information content (AvgIpc) is 3.93. The maximum absolute atomic E-state index is 2.58. The largest absolute Gasteiger partial charge is 0.317 e. The number of para-hydroxylation sites is 2. The van der Waals surface area contributed by atoms with Crippen molar-refractivity contribution in [3.05, 3.63) is 244 Å². The molecule has 7 aromatic carbocycles. The van der Waals surface area contributed by atoms with Crippen molar-refractivity contribution in [2.24, 2.45) is 0 Å². The van der Waals surface area contributed by atoms with Gasteiger partial charge in [-0.05, 0) is 173 Å². The summed E-state index contributed by atoms with van der Waals surface area (Å²) in [5, 5.41) is 0. The van der Waals surface area contributed by atoms with Crippen molar-refractivity contribution in [2.75, 3.05) is 9.80 Å². The predicted octanol–water partition coefficient (Wildman–Crippen LogP) is 17.4. The molecule has 0 spiro atoms. The van der Waals surface area contributed by atoms with Crippen LogP contribution in [-0.2, 0) is 23.7 Å². The van der Waals surface area contributed by atoms with E-state index >= 15 is 0 Å². The highest BCUT2D eigenvalue weighted by Gasteiger charge is 2.38. The second-order valence-electron chi connectivity index (χ2n) is 20.7. The van der Waals surface area contributed by atoms with E-state index in [9.17, 15) is 0 Å². The smallest absolute Gasteiger partial charge is 0.0488 e. The van der Waals surface area contributed by atoms with Crippen LogP contribution in [0, 0.1) is 0 Å². The molecule has 0 atom stereocenters. The Bertz CT molecular complexity index is 3500. The molecular formula is C66H57N3. The molecule has 0 saturated carbocycles. The first-order valence-corrected chi connectivity index (χ1v) is 25.1. The van der Waals surface area contributed by atoms with Crippen molar-refractivity contribution < 1.29 is 0 Å². The second kappa shape index (κ2) is 16.0. The zero-order valence-corrected chi connectivity index (χ0v) is 40.1. The van der Waals surface area contributed by atoms with E-state index in [1.807, 2.05) is 0 Å². The highest BCUT2D eigenvalue weighted by atomic mass is 15.2. The van der Waals surface area contributed by atoms with Crippen LogP contribution >= 0.6 is 0 Å². The molecule has 69 heavy (non-hydrogen) atoms. The molecule has 0 bridgehead atoms. The lowest BCUT2D eigenvalue weighted by Crippen LogP contribution is -2.20. The molecule has 0 fully saturated rings. The minimum atomic E-state index is -0.134. The summed E-state index contributed by atoms with van der Waals surface area (Å²) in [6.07, 6.45) is 20.2. The van der Waals surface area contributed by atoms with Gasteiger partial charge in [-0.2, -0.15) is 0 Å². The van der Waals surface area contributed by atoms with Gasteiger partial charge in [-0.25, -0.2) is 0 Å². The Labute approximate surface area is 407 Å². The summed E-state index contributed by atoms with van der Waals surface area (Å²) in [4.78, 5) is 5.08. The van der Waals surface area contributed by atoms with Crippen molar-refractivity contribution >= 4 is 46.2 Å². The fraction of sp³-hybridized carbons (Fsp3) is 0.182. The summed E-state index contributed by atoms with van der Waals surface area (Å²) >= 11 is 0. The van der Waals surface area contributed by atoms with E-state index in [-0.39, 0.29) is 10.8 Å². The van der Waals surface area contributed by atoms with E-state index in [1.165, 1.54) is 101 Å². The molecule has 3 heteroatoms. The number of hydrogen-bond acceptors (Lipinski definition) is 2. The van der Waals surface area contributed by atoms with Crippen molar-refractivity contribution in [1.82, 2.24) is 4.57 Å². The highest BCUT2D eigenvalue weighted by Crippen LogP contribution is 2.53. The van der Waals surface area contributed by atoms with Gasteiger partial charge in [-0.15, -0.1) is 0 Å². The first-order valence-electron chi connectivity index (χ1n) is 25.1.